The summed E-state index contributed by atoms with van der Waals surface area (Å²) in [5.41, 5.74) is 1.25. The Labute approximate surface area is 134 Å². The molecule has 0 aliphatic heterocycles. The molecule has 0 bridgehead atoms. The zero-order valence-electron chi connectivity index (χ0n) is 12.9. The largest absolute Gasteiger partial charge is 0.512 e. The average Bonchev–Trinajstić information content (AvgIpc) is 2.56. The molecule has 0 aliphatic carbocycles. The van der Waals surface area contributed by atoms with Gasteiger partial charge in [0.25, 0.3) is 5.91 Å². The highest BCUT2D eigenvalue weighted by atomic mass is 16.5. The van der Waals surface area contributed by atoms with Gasteiger partial charge in [0.2, 0.25) is 5.88 Å². The third-order valence-electron chi connectivity index (χ3n) is 2.94. The molecule has 0 unspecified atom stereocenters. The summed E-state index contributed by atoms with van der Waals surface area (Å²) in [4.78, 5) is 20.4. The normalized spacial score (nSPS) is 11.9. The lowest BCUT2D eigenvalue weighted by Crippen LogP contribution is -2.16. The summed E-state index contributed by atoms with van der Waals surface area (Å²) in [6.45, 7) is 1.43. The fourth-order valence-corrected chi connectivity index (χ4v) is 1.74. The van der Waals surface area contributed by atoms with E-state index in [0.29, 0.717) is 17.3 Å². The lowest BCUT2D eigenvalue weighted by Gasteiger charge is -2.06. The Balaban J connectivity index is 2.13. The number of carbonyl (C=O) groups excluding carboxylic acids is 1. The van der Waals surface area contributed by atoms with Crippen LogP contribution in [0.4, 0.5) is 11.4 Å². The van der Waals surface area contributed by atoms with E-state index in [2.05, 4.69) is 15.3 Å². The molecule has 118 valence electrons. The smallest absolute Gasteiger partial charge is 0.260 e. The van der Waals surface area contributed by atoms with E-state index in [0.717, 1.165) is 0 Å². The summed E-state index contributed by atoms with van der Waals surface area (Å²) in [5, 5.41) is 12.4. The van der Waals surface area contributed by atoms with Crippen molar-refractivity contribution in [3.05, 3.63) is 60.0 Å². The van der Waals surface area contributed by atoms with Crippen molar-refractivity contribution >= 4 is 23.5 Å². The van der Waals surface area contributed by atoms with Crippen LogP contribution in [0.15, 0.2) is 65.0 Å². The molecule has 0 fully saturated rings. The first-order valence-corrected chi connectivity index (χ1v) is 6.90. The molecule has 2 N–H and O–H groups in total. The second kappa shape index (κ2) is 7.74. The number of methoxy groups -OCH3 is 1. The monoisotopic (exact) mass is 311 g/mol. The predicted molar refractivity (Wildman–Crippen MR) is 89.3 cm³/mol. The average molecular weight is 311 g/mol. The standard InChI is InChI=1S/C17H17N3O3/c1-12(21)15(17(22)20-13-6-4-3-5-7-13)11-18-14-8-9-16(23-2)19-10-14/h3-11,21H,1-2H3,(H,20,22)/b15-12-,18-11?. The summed E-state index contributed by atoms with van der Waals surface area (Å²) < 4.78 is 4.96. The van der Waals surface area contributed by atoms with Crippen LogP contribution < -0.4 is 10.1 Å². The molecule has 6 nitrogen and oxygen atoms in total. The molecule has 0 spiro atoms. The zero-order chi connectivity index (χ0) is 16.7. The van der Waals surface area contributed by atoms with Gasteiger partial charge in [-0.05, 0) is 25.1 Å². The molecule has 0 atom stereocenters. The molecule has 1 aromatic carbocycles. The molecule has 23 heavy (non-hydrogen) atoms. The molecular weight excluding hydrogens is 294 g/mol. The van der Waals surface area contributed by atoms with Gasteiger partial charge in [-0.3, -0.25) is 9.79 Å². The SMILES string of the molecule is COc1ccc(N=C/C(C(=O)Nc2ccccc2)=C(\C)O)cn1. The number of anilines is 1. The summed E-state index contributed by atoms with van der Waals surface area (Å²) in [6, 6.07) is 12.3. The van der Waals surface area contributed by atoms with E-state index >= 15 is 0 Å². The maximum Gasteiger partial charge on any atom is 0.260 e. The third kappa shape index (κ3) is 4.67. The van der Waals surface area contributed by atoms with Crippen LogP contribution in [0.25, 0.3) is 0 Å². The fourth-order valence-electron chi connectivity index (χ4n) is 1.74. The van der Waals surface area contributed by atoms with E-state index in [4.69, 9.17) is 4.74 Å². The summed E-state index contributed by atoms with van der Waals surface area (Å²) in [5.74, 6) is -0.0926. The van der Waals surface area contributed by atoms with Gasteiger partial charge < -0.3 is 15.2 Å². The number of aliphatic hydroxyl groups is 1. The number of hydrogen-bond donors (Lipinski definition) is 2. The van der Waals surface area contributed by atoms with Crippen molar-refractivity contribution in [3.63, 3.8) is 0 Å². The summed E-state index contributed by atoms with van der Waals surface area (Å²) in [6.07, 6.45) is 2.81. The van der Waals surface area contributed by atoms with E-state index in [9.17, 15) is 9.90 Å². The van der Waals surface area contributed by atoms with Gasteiger partial charge in [0.05, 0.1) is 24.6 Å². The van der Waals surface area contributed by atoms with Gasteiger partial charge in [0.1, 0.15) is 5.76 Å². The van der Waals surface area contributed by atoms with Crippen LogP contribution in [0, 0.1) is 0 Å². The van der Waals surface area contributed by atoms with Gasteiger partial charge in [-0.1, -0.05) is 18.2 Å². The Morgan fingerprint density at radius 2 is 2.00 bits per heavy atom. The molecule has 1 amide bonds. The Kier molecular flexibility index (Phi) is 5.46. The van der Waals surface area contributed by atoms with Gasteiger partial charge >= 0.3 is 0 Å². The van der Waals surface area contributed by atoms with Crippen LogP contribution in [-0.2, 0) is 4.79 Å². The topological polar surface area (TPSA) is 83.8 Å². The number of hydrogen-bond acceptors (Lipinski definition) is 5. The molecule has 0 saturated carbocycles. The van der Waals surface area contributed by atoms with Crippen molar-refractivity contribution in [1.82, 2.24) is 4.98 Å². The number of rotatable bonds is 5. The number of ether oxygens (including phenoxy) is 1. The van der Waals surface area contributed by atoms with Crippen LogP contribution in [0.3, 0.4) is 0 Å². The van der Waals surface area contributed by atoms with Gasteiger partial charge in [0, 0.05) is 18.0 Å². The number of benzene rings is 1. The third-order valence-corrected chi connectivity index (χ3v) is 2.94. The number of carbonyl (C=O) groups is 1. The zero-order valence-corrected chi connectivity index (χ0v) is 12.9. The van der Waals surface area contributed by atoms with E-state index in [1.807, 2.05) is 18.2 Å². The molecule has 1 aromatic heterocycles. The first-order valence-electron chi connectivity index (χ1n) is 6.90. The Hall–Kier alpha value is -3.15. The maximum absolute atomic E-state index is 12.2. The van der Waals surface area contributed by atoms with Crippen molar-refractivity contribution in [3.8, 4) is 5.88 Å². The van der Waals surface area contributed by atoms with Gasteiger partial charge in [0.15, 0.2) is 0 Å². The van der Waals surface area contributed by atoms with Gasteiger partial charge in [-0.2, -0.15) is 0 Å². The first kappa shape index (κ1) is 16.2. The van der Waals surface area contributed by atoms with Crippen LogP contribution in [0.5, 0.6) is 5.88 Å². The Bertz CT molecular complexity index is 719. The van der Waals surface area contributed by atoms with E-state index in [1.165, 1.54) is 26.4 Å². The van der Waals surface area contributed by atoms with Crippen LogP contribution in [0.1, 0.15) is 6.92 Å². The molecule has 2 rings (SSSR count). The number of nitrogens with zero attached hydrogens (tertiary/aromatic N) is 2. The van der Waals surface area contributed by atoms with Crippen molar-refractivity contribution in [2.75, 3.05) is 12.4 Å². The van der Waals surface area contributed by atoms with Crippen molar-refractivity contribution in [2.45, 2.75) is 6.92 Å². The van der Waals surface area contributed by atoms with Crippen molar-refractivity contribution < 1.29 is 14.6 Å². The number of aliphatic imine (C=N–C) groups is 1. The molecule has 1 heterocycles. The van der Waals surface area contributed by atoms with Gasteiger partial charge in [-0.25, -0.2) is 4.98 Å². The highest BCUT2D eigenvalue weighted by Gasteiger charge is 2.11. The highest BCUT2D eigenvalue weighted by molar-refractivity contribution is 6.18. The van der Waals surface area contributed by atoms with Crippen molar-refractivity contribution in [2.24, 2.45) is 4.99 Å². The number of para-hydroxylation sites is 1. The predicted octanol–water partition coefficient (Wildman–Crippen LogP) is 3.26. The van der Waals surface area contributed by atoms with Crippen LogP contribution in [-0.4, -0.2) is 29.3 Å². The number of aliphatic hydroxyl groups excluding tert-OH is 1. The van der Waals surface area contributed by atoms with E-state index < -0.39 is 5.91 Å². The number of nitrogens with one attached hydrogen (secondary N) is 1. The number of amides is 1. The fraction of sp³-hybridized carbons (Fsp3) is 0.118. The van der Waals surface area contributed by atoms with Gasteiger partial charge in [-0.15, -0.1) is 0 Å². The molecule has 6 heteroatoms. The van der Waals surface area contributed by atoms with Crippen molar-refractivity contribution in [1.29, 1.82) is 0 Å². The molecular formula is C17H17N3O3. The molecule has 0 aliphatic rings. The van der Waals surface area contributed by atoms with E-state index in [1.54, 1.807) is 24.3 Å². The Morgan fingerprint density at radius 3 is 2.57 bits per heavy atom. The summed E-state index contributed by atoms with van der Waals surface area (Å²) in [7, 11) is 1.52. The first-order chi connectivity index (χ1) is 11.1. The van der Waals surface area contributed by atoms with E-state index in [-0.39, 0.29) is 11.3 Å². The quantitative estimate of drug-likeness (QED) is 0.504. The van der Waals surface area contributed by atoms with Crippen LogP contribution in [0.2, 0.25) is 0 Å². The second-order valence-electron chi connectivity index (χ2n) is 4.64. The lowest BCUT2D eigenvalue weighted by atomic mass is 10.2. The summed E-state index contributed by atoms with van der Waals surface area (Å²) >= 11 is 0. The minimum Gasteiger partial charge on any atom is -0.512 e. The highest BCUT2D eigenvalue weighted by Crippen LogP contribution is 2.15. The molecule has 0 radical (unpaired) electrons. The minimum absolute atomic E-state index is 0.0738. The number of allylic oxidation sites excluding steroid dienone is 1. The number of aromatic nitrogens is 1. The lowest BCUT2D eigenvalue weighted by molar-refractivity contribution is -0.112. The maximum atomic E-state index is 12.2. The molecule has 0 saturated heterocycles. The minimum atomic E-state index is -0.443. The van der Waals surface area contributed by atoms with Crippen LogP contribution >= 0.6 is 0 Å². The number of pyridine rings is 1. The Morgan fingerprint density at radius 1 is 1.26 bits per heavy atom. The second-order valence-corrected chi connectivity index (χ2v) is 4.64. The molecule has 2 aromatic rings.